The van der Waals surface area contributed by atoms with E-state index in [0.717, 1.165) is 48.5 Å². The molecule has 4 unspecified atom stereocenters. The van der Waals surface area contributed by atoms with Crippen molar-refractivity contribution in [3.05, 3.63) is 0 Å². The van der Waals surface area contributed by atoms with E-state index in [-0.39, 0.29) is 0 Å². The Bertz CT molecular complexity index is 997. The van der Waals surface area contributed by atoms with Gasteiger partial charge in [0.05, 0.1) is 0 Å². The summed E-state index contributed by atoms with van der Waals surface area (Å²) in [5.74, 6) is -6.62. The molecule has 0 aliphatic carbocycles. The maximum Gasteiger partial charge on any atom is 0.303 e. The molecule has 0 fully saturated rings. The van der Waals surface area contributed by atoms with E-state index < -0.39 is 96.6 Å². The summed E-state index contributed by atoms with van der Waals surface area (Å²) < 4.78 is 74.6. The molecule has 0 rings (SSSR count). The summed E-state index contributed by atoms with van der Waals surface area (Å²) in [6.45, 7) is 6.08. The van der Waals surface area contributed by atoms with Crippen LogP contribution < -0.4 is 0 Å². The van der Waals surface area contributed by atoms with E-state index in [1.54, 1.807) is 0 Å². The number of carbonyl (C=O) groups is 5. The molecule has 0 heterocycles. The first-order chi connectivity index (χ1) is 16.4. The molecular weight excluding hydrogens is 528 g/mol. The highest BCUT2D eigenvalue weighted by Crippen LogP contribution is 2.28. The molecule has 0 aromatic heterocycles. The molecule has 0 N–H and O–H groups in total. The first kappa shape index (κ1) is 33.2. The molecule has 0 amide bonds. The lowest BCUT2D eigenvalue weighted by Crippen LogP contribution is -2.59. The maximum absolute atomic E-state index is 13.0. The molecule has 0 spiro atoms. The minimum atomic E-state index is -4.58. The fraction of sp³-hybridized carbons (Fsp3) is 0.750. The second-order valence-corrected chi connectivity index (χ2v) is 12.6. The van der Waals surface area contributed by atoms with Crippen molar-refractivity contribution in [2.45, 2.75) is 77.5 Å². The van der Waals surface area contributed by atoms with Gasteiger partial charge in [0.2, 0.25) is 4.58 Å². The van der Waals surface area contributed by atoms with Gasteiger partial charge in [0.25, 0.3) is 0 Å². The number of ether oxygens (including phenoxy) is 5. The van der Waals surface area contributed by atoms with E-state index in [2.05, 4.69) is 0 Å². The van der Waals surface area contributed by atoms with Crippen molar-refractivity contribution in [2.24, 2.45) is 0 Å². The van der Waals surface area contributed by atoms with E-state index >= 15 is 0 Å². The molecule has 0 radical (unpaired) electrons. The zero-order valence-electron chi connectivity index (χ0n) is 21.0. The molecule has 36 heavy (non-hydrogen) atoms. The SMILES string of the molecule is CCS(=O)(=O)C(C(OC(C)=O)C(OC(C)=O)C(OC(C)=O)C(COC(C)=O)OC(C)=O)S(=O)(=O)CC. The Labute approximate surface area is 209 Å². The van der Waals surface area contributed by atoms with Crippen LogP contribution in [0.25, 0.3) is 0 Å². The Balaban J connectivity index is 7.32. The normalized spacial score (nSPS) is 15.1. The van der Waals surface area contributed by atoms with E-state index in [0.29, 0.717) is 0 Å². The monoisotopic (exact) mass is 560 g/mol. The first-order valence-electron chi connectivity index (χ1n) is 10.6. The summed E-state index contributed by atoms with van der Waals surface area (Å²) in [6, 6.07) is 0. The summed E-state index contributed by atoms with van der Waals surface area (Å²) in [4.78, 5) is 59.0. The minimum absolute atomic E-state index is 0.722. The largest absolute Gasteiger partial charge is 0.462 e. The van der Waals surface area contributed by atoms with Crippen molar-refractivity contribution in [2.75, 3.05) is 18.1 Å². The summed E-state index contributed by atoms with van der Waals surface area (Å²) in [6.07, 6.45) is -8.11. The highest BCUT2D eigenvalue weighted by molar-refractivity contribution is 8.09. The summed E-state index contributed by atoms with van der Waals surface area (Å²) >= 11 is 0. The van der Waals surface area contributed by atoms with Gasteiger partial charge in [-0.2, -0.15) is 0 Å². The van der Waals surface area contributed by atoms with Gasteiger partial charge in [0.15, 0.2) is 44.1 Å². The van der Waals surface area contributed by atoms with Gasteiger partial charge >= 0.3 is 29.8 Å². The highest BCUT2D eigenvalue weighted by Gasteiger charge is 2.54. The van der Waals surface area contributed by atoms with Gasteiger partial charge in [-0.1, -0.05) is 13.8 Å². The van der Waals surface area contributed by atoms with Crippen molar-refractivity contribution >= 4 is 49.5 Å². The number of rotatable bonds is 14. The maximum atomic E-state index is 13.0. The standard InChI is InChI=1S/C20H32O14S2/c1-8-35(26,27)20(36(28,29)9-2)19(34-15(7)25)18(33-14(6)24)17(32-13(5)23)16(31-12(4)22)10-30-11(3)21/h16-20H,8-10H2,1-7H3. The third kappa shape index (κ3) is 10.5. The van der Waals surface area contributed by atoms with Crippen LogP contribution in [0.5, 0.6) is 0 Å². The Kier molecular flexibility index (Phi) is 13.0. The van der Waals surface area contributed by atoms with Crippen LogP contribution in [0.4, 0.5) is 0 Å². The zero-order chi connectivity index (χ0) is 28.4. The van der Waals surface area contributed by atoms with Crippen LogP contribution >= 0.6 is 0 Å². The number of hydrogen-bond acceptors (Lipinski definition) is 14. The number of hydrogen-bond donors (Lipinski definition) is 0. The van der Waals surface area contributed by atoms with Gasteiger partial charge in [0.1, 0.15) is 6.61 Å². The second-order valence-electron chi connectivity index (χ2n) is 7.44. The molecule has 0 aliphatic rings. The third-order valence-electron chi connectivity index (χ3n) is 4.47. The van der Waals surface area contributed by atoms with Crippen LogP contribution in [0.15, 0.2) is 0 Å². The van der Waals surface area contributed by atoms with Crippen LogP contribution in [0, 0.1) is 0 Å². The van der Waals surface area contributed by atoms with Crippen molar-refractivity contribution < 1.29 is 64.5 Å². The Morgan fingerprint density at radius 1 is 0.556 bits per heavy atom. The molecule has 16 heteroatoms. The summed E-state index contributed by atoms with van der Waals surface area (Å²) in [5.41, 5.74) is 0. The third-order valence-corrected chi connectivity index (χ3v) is 9.79. The highest BCUT2D eigenvalue weighted by atomic mass is 32.3. The lowest BCUT2D eigenvalue weighted by atomic mass is 10.0. The predicted octanol–water partition coefficient (Wildman–Crippen LogP) is -0.528. The zero-order valence-corrected chi connectivity index (χ0v) is 22.7. The van der Waals surface area contributed by atoms with E-state index in [9.17, 15) is 40.8 Å². The fourth-order valence-corrected chi connectivity index (χ4v) is 7.60. The van der Waals surface area contributed by atoms with Crippen molar-refractivity contribution in [1.82, 2.24) is 0 Å². The predicted molar refractivity (Wildman–Crippen MR) is 122 cm³/mol. The van der Waals surface area contributed by atoms with Gasteiger partial charge in [0, 0.05) is 46.1 Å². The number of sulfone groups is 2. The Morgan fingerprint density at radius 2 is 0.917 bits per heavy atom. The minimum Gasteiger partial charge on any atom is -0.462 e. The fourth-order valence-electron chi connectivity index (χ4n) is 3.10. The molecular formula is C20H32O14S2. The lowest BCUT2D eigenvalue weighted by Gasteiger charge is -2.37. The average Bonchev–Trinajstić information content (AvgIpc) is 2.71. The molecule has 208 valence electrons. The van der Waals surface area contributed by atoms with Crippen LogP contribution in [-0.4, -0.2) is 93.8 Å². The molecule has 4 atom stereocenters. The van der Waals surface area contributed by atoms with E-state index in [1.165, 1.54) is 0 Å². The Morgan fingerprint density at radius 3 is 1.25 bits per heavy atom. The van der Waals surface area contributed by atoms with Crippen LogP contribution in [0.2, 0.25) is 0 Å². The molecule has 0 aromatic rings. The van der Waals surface area contributed by atoms with Gasteiger partial charge in [-0.15, -0.1) is 0 Å². The lowest BCUT2D eigenvalue weighted by molar-refractivity contribution is -0.201. The van der Waals surface area contributed by atoms with Crippen molar-refractivity contribution in [3.8, 4) is 0 Å². The molecule has 0 aromatic carbocycles. The number of carbonyl (C=O) groups excluding carboxylic acids is 5. The topological polar surface area (TPSA) is 200 Å². The van der Waals surface area contributed by atoms with Crippen LogP contribution in [0.3, 0.4) is 0 Å². The Hall–Kier alpha value is -2.75. The van der Waals surface area contributed by atoms with Gasteiger partial charge in [-0.05, 0) is 0 Å². The smallest absolute Gasteiger partial charge is 0.303 e. The van der Waals surface area contributed by atoms with Crippen LogP contribution in [-0.2, 0) is 67.3 Å². The molecule has 0 saturated heterocycles. The quantitative estimate of drug-likeness (QED) is 0.194. The van der Waals surface area contributed by atoms with Gasteiger partial charge in [-0.25, -0.2) is 16.8 Å². The first-order valence-corrected chi connectivity index (χ1v) is 14.1. The van der Waals surface area contributed by atoms with Crippen molar-refractivity contribution in [1.29, 1.82) is 0 Å². The molecule has 0 saturated carbocycles. The summed E-state index contributed by atoms with van der Waals surface area (Å²) in [5, 5.41) is 0. The molecule has 0 bridgehead atoms. The number of esters is 5. The summed E-state index contributed by atoms with van der Waals surface area (Å²) in [7, 11) is -9.16. The van der Waals surface area contributed by atoms with E-state index in [1.807, 2.05) is 0 Å². The molecule has 14 nitrogen and oxygen atoms in total. The second kappa shape index (κ2) is 14.1. The van der Waals surface area contributed by atoms with E-state index in [4.69, 9.17) is 23.7 Å². The van der Waals surface area contributed by atoms with Crippen LogP contribution in [0.1, 0.15) is 48.5 Å². The molecule has 0 aliphatic heterocycles. The van der Waals surface area contributed by atoms with Gasteiger partial charge < -0.3 is 23.7 Å². The van der Waals surface area contributed by atoms with Gasteiger partial charge in [-0.3, -0.25) is 24.0 Å². The average molecular weight is 561 g/mol. The van der Waals surface area contributed by atoms with Crippen molar-refractivity contribution in [3.63, 3.8) is 0 Å².